The molecule has 0 spiro atoms. The van der Waals surface area contributed by atoms with E-state index in [-0.39, 0.29) is 6.04 Å². The monoisotopic (exact) mass is 273 g/mol. The van der Waals surface area contributed by atoms with Crippen LogP contribution in [-0.4, -0.2) is 7.05 Å². The molecule has 0 amide bonds. The number of benzene rings is 2. The van der Waals surface area contributed by atoms with Gasteiger partial charge in [-0.15, -0.1) is 0 Å². The molecule has 0 aromatic heterocycles. The Kier molecular flexibility index (Phi) is 3.53. The van der Waals surface area contributed by atoms with Gasteiger partial charge in [0.1, 0.15) is 0 Å². The molecule has 2 atom stereocenters. The molecule has 3 heteroatoms. The van der Waals surface area contributed by atoms with Crippen molar-refractivity contribution in [2.45, 2.75) is 18.9 Å². The lowest BCUT2D eigenvalue weighted by Crippen LogP contribution is -2.23. The Morgan fingerprint density at radius 2 is 1.90 bits per heavy atom. The van der Waals surface area contributed by atoms with Gasteiger partial charge in [-0.1, -0.05) is 30.3 Å². The van der Waals surface area contributed by atoms with Gasteiger partial charge >= 0.3 is 0 Å². The minimum atomic E-state index is -0.784. The van der Waals surface area contributed by atoms with E-state index in [0.717, 1.165) is 18.4 Å². The molecule has 0 aliphatic heterocycles. The summed E-state index contributed by atoms with van der Waals surface area (Å²) in [6.07, 6.45) is 1.72. The minimum Gasteiger partial charge on any atom is -0.313 e. The molecule has 0 bridgehead atoms. The summed E-state index contributed by atoms with van der Waals surface area (Å²) in [6, 6.07) is 12.8. The van der Waals surface area contributed by atoms with Crippen LogP contribution in [0.1, 0.15) is 22.7 Å². The van der Waals surface area contributed by atoms with Crippen molar-refractivity contribution >= 4 is 0 Å². The zero-order valence-electron chi connectivity index (χ0n) is 11.4. The third kappa shape index (κ3) is 2.34. The molecule has 0 heterocycles. The van der Waals surface area contributed by atoms with Crippen molar-refractivity contribution in [3.63, 3.8) is 0 Å². The lowest BCUT2D eigenvalue weighted by molar-refractivity contribution is 0.409. The van der Waals surface area contributed by atoms with Gasteiger partial charge in [0, 0.05) is 6.04 Å². The van der Waals surface area contributed by atoms with Gasteiger partial charge in [-0.3, -0.25) is 0 Å². The number of fused-ring (bicyclic) bond motifs is 1. The zero-order chi connectivity index (χ0) is 14.1. The second kappa shape index (κ2) is 5.33. The van der Waals surface area contributed by atoms with Gasteiger partial charge in [-0.05, 0) is 54.6 Å². The van der Waals surface area contributed by atoms with E-state index in [1.165, 1.54) is 23.3 Å². The van der Waals surface area contributed by atoms with Crippen LogP contribution in [0.3, 0.4) is 0 Å². The molecular formula is C17H17F2N. The molecule has 0 radical (unpaired) electrons. The van der Waals surface area contributed by atoms with Crippen LogP contribution in [0.25, 0.3) is 0 Å². The summed E-state index contributed by atoms with van der Waals surface area (Å²) in [6.45, 7) is 0. The number of nitrogens with one attached hydrogen (secondary N) is 1. The SMILES string of the molecule is CNC1c2ccccc2CC1Cc1ccc(F)c(F)c1. The van der Waals surface area contributed by atoms with Crippen molar-refractivity contribution in [1.82, 2.24) is 5.32 Å². The van der Waals surface area contributed by atoms with E-state index in [0.29, 0.717) is 5.92 Å². The first-order valence-electron chi connectivity index (χ1n) is 6.88. The molecule has 2 aromatic carbocycles. The molecule has 1 aliphatic rings. The molecule has 2 unspecified atom stereocenters. The fourth-order valence-electron chi connectivity index (χ4n) is 3.23. The lowest BCUT2D eigenvalue weighted by Gasteiger charge is -2.20. The fraction of sp³-hybridized carbons (Fsp3) is 0.294. The molecule has 3 rings (SSSR count). The van der Waals surface area contributed by atoms with Gasteiger partial charge in [0.25, 0.3) is 0 Å². The Morgan fingerprint density at radius 1 is 1.10 bits per heavy atom. The summed E-state index contributed by atoms with van der Waals surface area (Å²) >= 11 is 0. The van der Waals surface area contributed by atoms with Crippen LogP contribution in [0.2, 0.25) is 0 Å². The molecule has 20 heavy (non-hydrogen) atoms. The number of hydrogen-bond acceptors (Lipinski definition) is 1. The quantitative estimate of drug-likeness (QED) is 0.900. The van der Waals surface area contributed by atoms with Crippen LogP contribution >= 0.6 is 0 Å². The Morgan fingerprint density at radius 3 is 2.65 bits per heavy atom. The summed E-state index contributed by atoms with van der Waals surface area (Å²) in [4.78, 5) is 0. The number of rotatable bonds is 3. The molecular weight excluding hydrogens is 256 g/mol. The Hall–Kier alpha value is -1.74. The summed E-state index contributed by atoms with van der Waals surface area (Å²) in [5.41, 5.74) is 3.52. The third-order valence-corrected chi connectivity index (χ3v) is 4.14. The first-order valence-corrected chi connectivity index (χ1v) is 6.88. The smallest absolute Gasteiger partial charge is 0.159 e. The second-order valence-corrected chi connectivity index (χ2v) is 5.38. The van der Waals surface area contributed by atoms with Crippen LogP contribution in [-0.2, 0) is 12.8 Å². The second-order valence-electron chi connectivity index (χ2n) is 5.38. The largest absolute Gasteiger partial charge is 0.313 e. The predicted molar refractivity (Wildman–Crippen MR) is 75.5 cm³/mol. The standard InChI is InChI=1S/C17H17F2N/c1-20-17-13(10-12-4-2-3-5-14(12)17)8-11-6-7-15(18)16(19)9-11/h2-7,9,13,17,20H,8,10H2,1H3. The van der Waals surface area contributed by atoms with Crippen LogP contribution in [0.5, 0.6) is 0 Å². The van der Waals surface area contributed by atoms with Crippen molar-refractivity contribution in [3.8, 4) is 0 Å². The van der Waals surface area contributed by atoms with Crippen molar-refractivity contribution in [2.75, 3.05) is 7.05 Å². The lowest BCUT2D eigenvalue weighted by atomic mass is 9.93. The minimum absolute atomic E-state index is 0.277. The predicted octanol–water partition coefficient (Wildman–Crippen LogP) is 3.64. The highest BCUT2D eigenvalue weighted by molar-refractivity contribution is 5.36. The van der Waals surface area contributed by atoms with Crippen LogP contribution in [0, 0.1) is 17.6 Å². The van der Waals surface area contributed by atoms with Gasteiger partial charge in [-0.25, -0.2) is 8.78 Å². The fourth-order valence-corrected chi connectivity index (χ4v) is 3.23. The van der Waals surface area contributed by atoms with E-state index in [1.807, 2.05) is 19.2 Å². The Bertz CT molecular complexity index is 624. The molecule has 104 valence electrons. The van der Waals surface area contributed by atoms with E-state index in [4.69, 9.17) is 0 Å². The van der Waals surface area contributed by atoms with Crippen molar-refractivity contribution in [1.29, 1.82) is 0 Å². The van der Waals surface area contributed by atoms with Gasteiger partial charge in [-0.2, -0.15) is 0 Å². The van der Waals surface area contributed by atoms with Crippen LogP contribution in [0.15, 0.2) is 42.5 Å². The summed E-state index contributed by atoms with van der Waals surface area (Å²) in [5, 5.41) is 3.35. The van der Waals surface area contributed by atoms with Crippen molar-refractivity contribution < 1.29 is 8.78 Å². The Labute approximate surface area is 117 Å². The normalized spacial score (nSPS) is 20.9. The first-order chi connectivity index (χ1) is 9.69. The summed E-state index contributed by atoms with van der Waals surface area (Å²) < 4.78 is 26.3. The van der Waals surface area contributed by atoms with Crippen molar-refractivity contribution in [2.24, 2.45) is 5.92 Å². The van der Waals surface area contributed by atoms with E-state index < -0.39 is 11.6 Å². The maximum absolute atomic E-state index is 13.3. The van der Waals surface area contributed by atoms with Crippen LogP contribution < -0.4 is 5.32 Å². The van der Waals surface area contributed by atoms with Crippen LogP contribution in [0.4, 0.5) is 8.78 Å². The third-order valence-electron chi connectivity index (χ3n) is 4.14. The molecule has 0 fully saturated rings. The first kappa shape index (κ1) is 13.3. The zero-order valence-corrected chi connectivity index (χ0v) is 11.4. The average molecular weight is 273 g/mol. The summed E-state index contributed by atoms with van der Waals surface area (Å²) in [5.74, 6) is -1.17. The van der Waals surface area contributed by atoms with E-state index in [2.05, 4.69) is 17.4 Å². The van der Waals surface area contributed by atoms with Gasteiger partial charge in [0.2, 0.25) is 0 Å². The highest BCUT2D eigenvalue weighted by atomic mass is 19.2. The average Bonchev–Trinajstić information content (AvgIpc) is 2.80. The highest BCUT2D eigenvalue weighted by Gasteiger charge is 2.31. The molecule has 2 aromatic rings. The topological polar surface area (TPSA) is 12.0 Å². The number of hydrogen-bond donors (Lipinski definition) is 1. The molecule has 1 nitrogen and oxygen atoms in total. The molecule has 1 N–H and O–H groups in total. The summed E-state index contributed by atoms with van der Waals surface area (Å²) in [7, 11) is 1.95. The van der Waals surface area contributed by atoms with E-state index in [1.54, 1.807) is 6.07 Å². The molecule has 0 saturated carbocycles. The van der Waals surface area contributed by atoms with Gasteiger partial charge < -0.3 is 5.32 Å². The molecule has 1 aliphatic carbocycles. The number of halogens is 2. The van der Waals surface area contributed by atoms with Gasteiger partial charge in [0.05, 0.1) is 0 Å². The highest BCUT2D eigenvalue weighted by Crippen LogP contribution is 2.37. The Balaban J connectivity index is 1.83. The van der Waals surface area contributed by atoms with Gasteiger partial charge in [0.15, 0.2) is 11.6 Å². The maximum atomic E-state index is 13.3. The van der Waals surface area contributed by atoms with E-state index in [9.17, 15) is 8.78 Å². The van der Waals surface area contributed by atoms with Crippen molar-refractivity contribution in [3.05, 3.63) is 70.8 Å². The van der Waals surface area contributed by atoms with E-state index >= 15 is 0 Å². The molecule has 0 saturated heterocycles. The maximum Gasteiger partial charge on any atom is 0.159 e.